The summed E-state index contributed by atoms with van der Waals surface area (Å²) < 4.78 is 79.0. The number of rotatable bonds is 7. The number of fused-ring (bicyclic) bond motifs is 1. The molecule has 4 aromatic rings. The minimum absolute atomic E-state index is 0.0188. The molecule has 0 aliphatic heterocycles. The van der Waals surface area contributed by atoms with Crippen molar-refractivity contribution in [3.05, 3.63) is 83.0 Å². The quantitative estimate of drug-likeness (QED) is 0.235. The molecule has 0 unspecified atom stereocenters. The van der Waals surface area contributed by atoms with Crippen LogP contribution in [0.3, 0.4) is 0 Å². The van der Waals surface area contributed by atoms with E-state index in [-0.39, 0.29) is 22.1 Å². The molecule has 0 aliphatic carbocycles. The van der Waals surface area contributed by atoms with Crippen molar-refractivity contribution in [2.45, 2.75) is 45.4 Å². The monoisotopic (exact) mass is 531 g/mol. The van der Waals surface area contributed by atoms with Crippen LogP contribution in [-0.4, -0.2) is 19.8 Å². The van der Waals surface area contributed by atoms with Crippen LogP contribution in [0.25, 0.3) is 10.9 Å². The molecular formula is C27H24F3NO5S. The lowest BCUT2D eigenvalue weighted by Crippen LogP contribution is -2.16. The molecule has 0 fully saturated rings. The maximum Gasteiger partial charge on any atom is 0.573 e. The first kappa shape index (κ1) is 26.3. The number of alkyl halides is 3. The maximum absolute atomic E-state index is 13.1. The Hall–Kier alpha value is -3.79. The second kappa shape index (κ2) is 9.93. The van der Waals surface area contributed by atoms with Crippen molar-refractivity contribution in [1.29, 1.82) is 0 Å². The standard InChI is InChI=1S/C27H24F3NO5S/c1-5-23-18(4)26(36-37(32,33)21-12-6-16(2)7-13-21)22-15-25(17(3)14-24(22)31-23)34-19-8-10-20(11-9-19)35-27(28,29)30/h6-15H,5H2,1-4H3. The summed E-state index contributed by atoms with van der Waals surface area (Å²) in [6.45, 7) is 7.29. The van der Waals surface area contributed by atoms with Crippen LogP contribution in [0.2, 0.25) is 0 Å². The van der Waals surface area contributed by atoms with E-state index in [0.29, 0.717) is 39.9 Å². The van der Waals surface area contributed by atoms with Crippen LogP contribution < -0.4 is 13.7 Å². The predicted molar refractivity (Wildman–Crippen MR) is 133 cm³/mol. The van der Waals surface area contributed by atoms with Gasteiger partial charge in [0.15, 0.2) is 5.75 Å². The average Bonchev–Trinajstić information content (AvgIpc) is 2.82. The van der Waals surface area contributed by atoms with E-state index in [1.54, 1.807) is 38.1 Å². The van der Waals surface area contributed by atoms with E-state index in [2.05, 4.69) is 9.72 Å². The van der Waals surface area contributed by atoms with Gasteiger partial charge >= 0.3 is 16.5 Å². The Balaban J connectivity index is 1.75. The van der Waals surface area contributed by atoms with Gasteiger partial charge < -0.3 is 13.7 Å². The van der Waals surface area contributed by atoms with Gasteiger partial charge in [0.05, 0.1) is 5.52 Å². The number of aryl methyl sites for hydroxylation is 3. The molecule has 0 saturated heterocycles. The number of hydrogen-bond acceptors (Lipinski definition) is 6. The van der Waals surface area contributed by atoms with Crippen molar-refractivity contribution in [2.75, 3.05) is 0 Å². The molecule has 0 saturated carbocycles. The second-order valence-corrected chi connectivity index (χ2v) is 10.0. The number of hydrogen-bond donors (Lipinski definition) is 0. The van der Waals surface area contributed by atoms with E-state index in [9.17, 15) is 21.6 Å². The van der Waals surface area contributed by atoms with Gasteiger partial charge in [0.25, 0.3) is 0 Å². The molecule has 194 valence electrons. The molecular weight excluding hydrogens is 507 g/mol. The fraction of sp³-hybridized carbons (Fsp3) is 0.222. The molecule has 0 amide bonds. The van der Waals surface area contributed by atoms with Gasteiger partial charge in [-0.3, -0.25) is 4.98 Å². The zero-order valence-corrected chi connectivity index (χ0v) is 21.3. The van der Waals surface area contributed by atoms with Gasteiger partial charge in [-0.1, -0.05) is 24.6 Å². The summed E-state index contributed by atoms with van der Waals surface area (Å²) in [7, 11) is -4.15. The van der Waals surface area contributed by atoms with E-state index < -0.39 is 16.5 Å². The van der Waals surface area contributed by atoms with Gasteiger partial charge in [0.2, 0.25) is 0 Å². The van der Waals surface area contributed by atoms with Gasteiger partial charge in [0, 0.05) is 16.6 Å². The molecule has 0 spiro atoms. The largest absolute Gasteiger partial charge is 0.573 e. The van der Waals surface area contributed by atoms with Crippen LogP contribution in [0.1, 0.15) is 29.3 Å². The van der Waals surface area contributed by atoms with E-state index in [1.165, 1.54) is 24.3 Å². The Morgan fingerprint density at radius 2 is 1.51 bits per heavy atom. The van der Waals surface area contributed by atoms with Crippen molar-refractivity contribution < 1.29 is 35.2 Å². The molecule has 10 heteroatoms. The third-order valence-corrected chi connectivity index (χ3v) is 6.93. The first-order valence-electron chi connectivity index (χ1n) is 11.3. The number of nitrogens with zero attached hydrogens (tertiary/aromatic N) is 1. The molecule has 37 heavy (non-hydrogen) atoms. The fourth-order valence-corrected chi connectivity index (χ4v) is 4.77. The Bertz CT molecular complexity index is 1550. The van der Waals surface area contributed by atoms with Crippen molar-refractivity contribution in [1.82, 2.24) is 4.98 Å². The molecule has 3 aromatic carbocycles. The zero-order chi connectivity index (χ0) is 27.0. The summed E-state index contributed by atoms with van der Waals surface area (Å²) >= 11 is 0. The van der Waals surface area contributed by atoms with Crippen molar-refractivity contribution in [3.63, 3.8) is 0 Å². The first-order chi connectivity index (χ1) is 17.4. The third kappa shape index (κ3) is 5.96. The van der Waals surface area contributed by atoms with Crippen molar-refractivity contribution >= 4 is 21.0 Å². The zero-order valence-electron chi connectivity index (χ0n) is 20.5. The van der Waals surface area contributed by atoms with Crippen LogP contribution in [0.4, 0.5) is 13.2 Å². The molecule has 0 bridgehead atoms. The molecule has 1 heterocycles. The number of pyridine rings is 1. The van der Waals surface area contributed by atoms with Crippen molar-refractivity contribution in [2.24, 2.45) is 0 Å². The number of aromatic nitrogens is 1. The fourth-order valence-electron chi connectivity index (χ4n) is 3.77. The SMILES string of the molecule is CCc1nc2cc(C)c(Oc3ccc(OC(F)(F)F)cc3)cc2c(OS(=O)(=O)c2ccc(C)cc2)c1C. The average molecular weight is 532 g/mol. The summed E-state index contributed by atoms with van der Waals surface area (Å²) in [5, 5.41) is 0.419. The van der Waals surface area contributed by atoms with Gasteiger partial charge in [-0.15, -0.1) is 13.2 Å². The third-order valence-electron chi connectivity index (χ3n) is 5.69. The Morgan fingerprint density at radius 1 is 0.892 bits per heavy atom. The number of benzene rings is 3. The maximum atomic E-state index is 13.1. The van der Waals surface area contributed by atoms with E-state index >= 15 is 0 Å². The van der Waals surface area contributed by atoms with Gasteiger partial charge in [-0.2, -0.15) is 8.42 Å². The highest BCUT2D eigenvalue weighted by atomic mass is 32.2. The molecule has 1 aromatic heterocycles. The Morgan fingerprint density at radius 3 is 2.11 bits per heavy atom. The summed E-state index contributed by atoms with van der Waals surface area (Å²) in [5.41, 5.74) is 3.39. The Kier molecular flexibility index (Phi) is 7.05. The molecule has 4 rings (SSSR count). The highest BCUT2D eigenvalue weighted by molar-refractivity contribution is 7.87. The van der Waals surface area contributed by atoms with Crippen LogP contribution in [0.15, 0.2) is 65.6 Å². The van der Waals surface area contributed by atoms with Crippen LogP contribution in [-0.2, 0) is 16.5 Å². The second-order valence-electron chi connectivity index (χ2n) is 8.47. The molecule has 0 aliphatic rings. The summed E-state index contributed by atoms with van der Waals surface area (Å²) in [6, 6.07) is 14.7. The highest BCUT2D eigenvalue weighted by Crippen LogP contribution is 2.38. The minimum atomic E-state index is -4.80. The number of halogens is 3. The highest BCUT2D eigenvalue weighted by Gasteiger charge is 2.31. The van der Waals surface area contributed by atoms with Gasteiger partial charge in [-0.05, 0) is 81.3 Å². The van der Waals surface area contributed by atoms with Crippen LogP contribution in [0, 0.1) is 20.8 Å². The molecule has 6 nitrogen and oxygen atoms in total. The van der Waals surface area contributed by atoms with Crippen LogP contribution in [0.5, 0.6) is 23.0 Å². The lowest BCUT2D eigenvalue weighted by atomic mass is 10.0. The predicted octanol–water partition coefficient (Wildman–Crippen LogP) is 7.18. The normalized spacial score (nSPS) is 12.0. The number of ether oxygens (including phenoxy) is 2. The Labute approximate surface area is 212 Å². The molecule has 0 N–H and O–H groups in total. The van der Waals surface area contributed by atoms with Crippen LogP contribution >= 0.6 is 0 Å². The lowest BCUT2D eigenvalue weighted by Gasteiger charge is -2.17. The smallest absolute Gasteiger partial charge is 0.457 e. The first-order valence-corrected chi connectivity index (χ1v) is 12.8. The van der Waals surface area contributed by atoms with Crippen molar-refractivity contribution in [3.8, 4) is 23.0 Å². The summed E-state index contributed by atoms with van der Waals surface area (Å²) in [4.78, 5) is 4.69. The molecule has 0 atom stereocenters. The van der Waals surface area contributed by atoms with E-state index in [4.69, 9.17) is 8.92 Å². The minimum Gasteiger partial charge on any atom is -0.457 e. The molecule has 0 radical (unpaired) electrons. The van der Waals surface area contributed by atoms with E-state index in [0.717, 1.165) is 17.7 Å². The summed E-state index contributed by atoms with van der Waals surface area (Å²) in [6.07, 6.45) is -4.23. The summed E-state index contributed by atoms with van der Waals surface area (Å²) in [5.74, 6) is 0.391. The van der Waals surface area contributed by atoms with Gasteiger partial charge in [0.1, 0.15) is 22.1 Å². The lowest BCUT2D eigenvalue weighted by molar-refractivity contribution is -0.274. The van der Waals surface area contributed by atoms with Gasteiger partial charge in [-0.25, -0.2) is 0 Å². The van der Waals surface area contributed by atoms with E-state index in [1.807, 2.05) is 13.8 Å². The topological polar surface area (TPSA) is 74.7 Å².